The van der Waals surface area contributed by atoms with E-state index in [0.717, 1.165) is 5.56 Å². The molecule has 0 unspecified atom stereocenters. The molecule has 6 heteroatoms. The molecule has 0 bridgehead atoms. The molecule has 30 heavy (non-hydrogen) atoms. The maximum atomic E-state index is 12.7. The highest BCUT2D eigenvalue weighted by Gasteiger charge is 2.17. The Hall–Kier alpha value is -3.18. The second kappa shape index (κ2) is 10.0. The molecule has 0 aliphatic rings. The summed E-state index contributed by atoms with van der Waals surface area (Å²) >= 11 is 6.45. The van der Waals surface area contributed by atoms with Gasteiger partial charge >= 0.3 is 0 Å². The number of hydrogen-bond donors (Lipinski definition) is 1. The van der Waals surface area contributed by atoms with E-state index in [1.807, 2.05) is 38.1 Å². The smallest absolute Gasteiger partial charge is 0.255 e. The molecule has 0 aliphatic carbocycles. The molecular formula is C24H24ClNO4. The maximum Gasteiger partial charge on any atom is 0.255 e. The van der Waals surface area contributed by atoms with Crippen LogP contribution in [0.15, 0.2) is 60.7 Å². The van der Waals surface area contributed by atoms with Gasteiger partial charge < -0.3 is 19.5 Å². The molecule has 1 amide bonds. The summed E-state index contributed by atoms with van der Waals surface area (Å²) in [6.07, 6.45) is 0. The third kappa shape index (κ3) is 5.45. The van der Waals surface area contributed by atoms with E-state index in [1.165, 1.54) is 5.56 Å². The number of nitrogens with one attached hydrogen (secondary N) is 1. The van der Waals surface area contributed by atoms with Crippen molar-refractivity contribution in [3.05, 3.63) is 82.4 Å². The van der Waals surface area contributed by atoms with Gasteiger partial charge in [-0.3, -0.25) is 4.79 Å². The Kier molecular flexibility index (Phi) is 7.20. The van der Waals surface area contributed by atoms with Crippen LogP contribution < -0.4 is 19.5 Å². The number of methoxy groups -OCH3 is 1. The van der Waals surface area contributed by atoms with E-state index in [2.05, 4.69) is 5.32 Å². The van der Waals surface area contributed by atoms with Gasteiger partial charge in [0.05, 0.1) is 18.7 Å². The zero-order valence-corrected chi connectivity index (χ0v) is 18.0. The first-order valence-electron chi connectivity index (χ1n) is 9.60. The summed E-state index contributed by atoms with van der Waals surface area (Å²) in [5, 5.41) is 3.15. The Morgan fingerprint density at radius 3 is 2.50 bits per heavy atom. The standard InChI is InChI=1S/C24H24ClNO4/c1-4-29-22-13-18(24(27)26-19-6-5-7-20(14-19)28-3)12-21(25)23(22)30-15-17-10-8-16(2)9-11-17/h5-14H,4,15H2,1-3H3,(H,26,27). The number of hydrogen-bond acceptors (Lipinski definition) is 4. The number of amides is 1. The molecule has 3 aromatic rings. The van der Waals surface area contributed by atoms with Crippen LogP contribution in [-0.2, 0) is 6.61 Å². The van der Waals surface area contributed by atoms with Crippen molar-refractivity contribution in [1.82, 2.24) is 0 Å². The number of aryl methyl sites for hydroxylation is 1. The van der Waals surface area contributed by atoms with E-state index in [0.29, 0.717) is 46.7 Å². The van der Waals surface area contributed by atoms with Crippen LogP contribution >= 0.6 is 11.6 Å². The van der Waals surface area contributed by atoms with Crippen molar-refractivity contribution >= 4 is 23.2 Å². The van der Waals surface area contributed by atoms with Gasteiger partial charge in [0.1, 0.15) is 12.4 Å². The molecule has 0 saturated heterocycles. The fourth-order valence-corrected chi connectivity index (χ4v) is 3.11. The highest BCUT2D eigenvalue weighted by molar-refractivity contribution is 6.32. The average molecular weight is 426 g/mol. The largest absolute Gasteiger partial charge is 0.497 e. The summed E-state index contributed by atoms with van der Waals surface area (Å²) in [6.45, 7) is 4.65. The van der Waals surface area contributed by atoms with Crippen LogP contribution in [0, 0.1) is 6.92 Å². The minimum atomic E-state index is -0.309. The maximum absolute atomic E-state index is 12.7. The molecule has 0 radical (unpaired) electrons. The average Bonchev–Trinajstić information content (AvgIpc) is 2.74. The van der Waals surface area contributed by atoms with Crippen molar-refractivity contribution in [2.45, 2.75) is 20.5 Å². The fourth-order valence-electron chi connectivity index (χ4n) is 2.85. The monoisotopic (exact) mass is 425 g/mol. The lowest BCUT2D eigenvalue weighted by molar-refractivity contribution is 0.102. The number of rotatable bonds is 8. The van der Waals surface area contributed by atoms with Crippen LogP contribution in [0.5, 0.6) is 17.2 Å². The van der Waals surface area contributed by atoms with Gasteiger partial charge in [-0.1, -0.05) is 47.5 Å². The van der Waals surface area contributed by atoms with Crippen molar-refractivity contribution in [3.63, 3.8) is 0 Å². The molecule has 1 N–H and O–H groups in total. The van der Waals surface area contributed by atoms with E-state index >= 15 is 0 Å². The van der Waals surface area contributed by atoms with Crippen molar-refractivity contribution in [2.75, 3.05) is 19.0 Å². The summed E-state index contributed by atoms with van der Waals surface area (Å²) in [5.41, 5.74) is 3.18. The summed E-state index contributed by atoms with van der Waals surface area (Å²) in [6, 6.07) is 18.4. The number of carbonyl (C=O) groups is 1. The SMILES string of the molecule is CCOc1cc(C(=O)Nc2cccc(OC)c2)cc(Cl)c1OCc1ccc(C)cc1. The third-order valence-electron chi connectivity index (χ3n) is 4.40. The van der Waals surface area contributed by atoms with Crippen LogP contribution in [0.2, 0.25) is 5.02 Å². The van der Waals surface area contributed by atoms with Gasteiger partial charge in [-0.2, -0.15) is 0 Å². The topological polar surface area (TPSA) is 56.8 Å². The Balaban J connectivity index is 1.80. The molecular weight excluding hydrogens is 402 g/mol. The first-order chi connectivity index (χ1) is 14.5. The number of halogens is 1. The van der Waals surface area contributed by atoms with Crippen LogP contribution in [-0.4, -0.2) is 19.6 Å². The predicted molar refractivity (Wildman–Crippen MR) is 119 cm³/mol. The summed E-state index contributed by atoms with van der Waals surface area (Å²) < 4.78 is 16.8. The predicted octanol–water partition coefficient (Wildman–Crippen LogP) is 5.89. The van der Waals surface area contributed by atoms with Crippen LogP contribution in [0.4, 0.5) is 5.69 Å². The number of benzene rings is 3. The van der Waals surface area contributed by atoms with Gasteiger partial charge in [0.2, 0.25) is 0 Å². The Morgan fingerprint density at radius 1 is 1.03 bits per heavy atom. The van der Waals surface area contributed by atoms with Gasteiger partial charge in [0.15, 0.2) is 11.5 Å². The summed E-state index contributed by atoms with van der Waals surface area (Å²) in [5.74, 6) is 1.18. The molecule has 0 atom stereocenters. The molecule has 0 aliphatic heterocycles. The summed E-state index contributed by atoms with van der Waals surface area (Å²) in [7, 11) is 1.57. The van der Waals surface area contributed by atoms with Crippen LogP contribution in [0.3, 0.4) is 0 Å². The lowest BCUT2D eigenvalue weighted by atomic mass is 10.1. The van der Waals surface area contributed by atoms with E-state index < -0.39 is 0 Å². The quantitative estimate of drug-likeness (QED) is 0.489. The van der Waals surface area contributed by atoms with E-state index in [-0.39, 0.29) is 5.91 Å². The van der Waals surface area contributed by atoms with E-state index in [4.69, 9.17) is 25.8 Å². The first-order valence-corrected chi connectivity index (χ1v) is 9.98. The molecule has 156 valence electrons. The Bertz CT molecular complexity index is 1020. The first kappa shape index (κ1) is 21.5. The molecule has 0 aromatic heterocycles. The second-order valence-electron chi connectivity index (χ2n) is 6.68. The number of carbonyl (C=O) groups excluding carboxylic acids is 1. The molecule has 5 nitrogen and oxygen atoms in total. The molecule has 0 heterocycles. The number of ether oxygens (including phenoxy) is 3. The molecule has 3 rings (SSSR count). The zero-order valence-electron chi connectivity index (χ0n) is 17.2. The van der Waals surface area contributed by atoms with Crippen molar-refractivity contribution in [3.8, 4) is 17.2 Å². The normalized spacial score (nSPS) is 10.4. The highest BCUT2D eigenvalue weighted by Crippen LogP contribution is 2.37. The zero-order chi connectivity index (χ0) is 21.5. The minimum Gasteiger partial charge on any atom is -0.497 e. The van der Waals surface area contributed by atoms with Crippen LogP contribution in [0.1, 0.15) is 28.4 Å². The van der Waals surface area contributed by atoms with Crippen molar-refractivity contribution < 1.29 is 19.0 Å². The van der Waals surface area contributed by atoms with Gasteiger partial charge in [-0.05, 0) is 43.7 Å². The highest BCUT2D eigenvalue weighted by atomic mass is 35.5. The molecule has 0 saturated carbocycles. The van der Waals surface area contributed by atoms with Gasteiger partial charge in [-0.15, -0.1) is 0 Å². The van der Waals surface area contributed by atoms with Gasteiger partial charge in [0.25, 0.3) is 5.91 Å². The van der Waals surface area contributed by atoms with E-state index in [1.54, 1.807) is 43.5 Å². The van der Waals surface area contributed by atoms with Crippen molar-refractivity contribution in [2.24, 2.45) is 0 Å². The fraction of sp³-hybridized carbons (Fsp3) is 0.208. The molecule has 3 aromatic carbocycles. The Morgan fingerprint density at radius 2 is 1.80 bits per heavy atom. The minimum absolute atomic E-state index is 0.309. The lowest BCUT2D eigenvalue weighted by Crippen LogP contribution is -2.12. The third-order valence-corrected chi connectivity index (χ3v) is 4.68. The van der Waals surface area contributed by atoms with Gasteiger partial charge in [-0.25, -0.2) is 0 Å². The number of anilines is 1. The van der Waals surface area contributed by atoms with E-state index in [9.17, 15) is 4.79 Å². The molecule has 0 spiro atoms. The second-order valence-corrected chi connectivity index (χ2v) is 7.09. The van der Waals surface area contributed by atoms with Gasteiger partial charge in [0, 0.05) is 17.3 Å². The lowest BCUT2D eigenvalue weighted by Gasteiger charge is -2.15. The summed E-state index contributed by atoms with van der Waals surface area (Å²) in [4.78, 5) is 12.7. The van der Waals surface area contributed by atoms with Crippen molar-refractivity contribution in [1.29, 1.82) is 0 Å². The Labute approximate surface area is 181 Å². The van der Waals surface area contributed by atoms with Crippen LogP contribution in [0.25, 0.3) is 0 Å². The molecule has 0 fully saturated rings.